The van der Waals surface area contributed by atoms with Gasteiger partial charge in [0.05, 0.1) is 19.4 Å². The summed E-state index contributed by atoms with van der Waals surface area (Å²) in [4.78, 5) is 6.62. The topological polar surface area (TPSA) is 49.5 Å². The molecule has 2 rings (SSSR count). The van der Waals surface area contributed by atoms with E-state index in [9.17, 15) is 5.11 Å². The number of aliphatic hydroxyl groups is 1. The third kappa shape index (κ3) is 2.90. The van der Waals surface area contributed by atoms with E-state index in [0.29, 0.717) is 6.54 Å². The zero-order chi connectivity index (χ0) is 13.0. The highest BCUT2D eigenvalue weighted by molar-refractivity contribution is 5.42. The van der Waals surface area contributed by atoms with Gasteiger partial charge in [-0.3, -0.25) is 0 Å². The summed E-state index contributed by atoms with van der Waals surface area (Å²) < 4.78 is 5.36. The highest BCUT2D eigenvalue weighted by Gasteiger charge is 2.10. The zero-order valence-electron chi connectivity index (χ0n) is 10.8. The van der Waals surface area contributed by atoms with Crippen LogP contribution in [0.25, 0.3) is 0 Å². The molecule has 0 saturated heterocycles. The molecule has 2 aromatic rings. The van der Waals surface area contributed by atoms with Gasteiger partial charge in [0.2, 0.25) is 0 Å². The van der Waals surface area contributed by atoms with Gasteiger partial charge in [-0.15, -0.1) is 0 Å². The van der Waals surface area contributed by atoms with Crippen molar-refractivity contribution in [2.75, 3.05) is 11.4 Å². The fourth-order valence-electron chi connectivity index (χ4n) is 1.92. The number of furan rings is 1. The summed E-state index contributed by atoms with van der Waals surface area (Å²) >= 11 is 0. The Morgan fingerprint density at radius 2 is 2.22 bits per heavy atom. The molecule has 0 aliphatic rings. The third-order valence-corrected chi connectivity index (χ3v) is 2.81. The fraction of sp³-hybridized carbons (Fsp3) is 0.357. The maximum absolute atomic E-state index is 9.23. The molecular formula is C14H18N2O2. The summed E-state index contributed by atoms with van der Waals surface area (Å²) in [6.45, 7) is 5.57. The first-order chi connectivity index (χ1) is 8.72. The monoisotopic (exact) mass is 246 g/mol. The Labute approximate surface area is 107 Å². The summed E-state index contributed by atoms with van der Waals surface area (Å²) in [7, 11) is 0. The van der Waals surface area contributed by atoms with Crippen molar-refractivity contribution < 1.29 is 9.52 Å². The first kappa shape index (κ1) is 12.6. The molecule has 0 fully saturated rings. The Morgan fingerprint density at radius 1 is 1.39 bits per heavy atom. The molecule has 96 valence electrons. The van der Waals surface area contributed by atoms with Crippen molar-refractivity contribution in [2.45, 2.75) is 27.0 Å². The van der Waals surface area contributed by atoms with Crippen LogP contribution in [0.1, 0.15) is 23.9 Å². The van der Waals surface area contributed by atoms with Crippen LogP contribution in [0.15, 0.2) is 34.9 Å². The summed E-state index contributed by atoms with van der Waals surface area (Å²) in [6.07, 6.45) is 1.67. The van der Waals surface area contributed by atoms with Crippen molar-refractivity contribution in [3.63, 3.8) is 0 Å². The molecule has 0 atom stereocenters. The van der Waals surface area contributed by atoms with Crippen molar-refractivity contribution in [1.82, 2.24) is 4.98 Å². The van der Waals surface area contributed by atoms with E-state index in [2.05, 4.69) is 16.8 Å². The number of rotatable bonds is 5. The van der Waals surface area contributed by atoms with E-state index in [-0.39, 0.29) is 6.61 Å². The molecule has 2 heterocycles. The molecule has 1 N–H and O–H groups in total. The van der Waals surface area contributed by atoms with Crippen LogP contribution < -0.4 is 4.90 Å². The van der Waals surface area contributed by atoms with Crippen LogP contribution >= 0.6 is 0 Å². The van der Waals surface area contributed by atoms with E-state index in [1.54, 1.807) is 6.26 Å². The highest BCUT2D eigenvalue weighted by Crippen LogP contribution is 2.17. The number of aromatic nitrogens is 1. The molecule has 0 aromatic carbocycles. The number of nitrogens with zero attached hydrogens (tertiary/aromatic N) is 2. The van der Waals surface area contributed by atoms with E-state index in [0.717, 1.165) is 29.4 Å². The first-order valence-corrected chi connectivity index (χ1v) is 6.08. The lowest BCUT2D eigenvalue weighted by atomic mass is 10.2. The second-order valence-corrected chi connectivity index (χ2v) is 4.23. The molecule has 0 saturated carbocycles. The van der Waals surface area contributed by atoms with Gasteiger partial charge in [0.15, 0.2) is 0 Å². The fourth-order valence-corrected chi connectivity index (χ4v) is 1.92. The van der Waals surface area contributed by atoms with Gasteiger partial charge in [-0.25, -0.2) is 4.98 Å². The van der Waals surface area contributed by atoms with E-state index in [1.165, 1.54) is 0 Å². The number of pyridine rings is 1. The molecule has 4 nitrogen and oxygen atoms in total. The van der Waals surface area contributed by atoms with Gasteiger partial charge >= 0.3 is 0 Å². The Balaban J connectivity index is 2.24. The van der Waals surface area contributed by atoms with E-state index in [1.807, 2.05) is 31.2 Å². The van der Waals surface area contributed by atoms with Crippen LogP contribution in [0.2, 0.25) is 0 Å². The van der Waals surface area contributed by atoms with Gasteiger partial charge in [-0.05, 0) is 43.7 Å². The zero-order valence-corrected chi connectivity index (χ0v) is 10.8. The Bertz CT molecular complexity index is 495. The molecular weight excluding hydrogens is 228 g/mol. The largest absolute Gasteiger partial charge is 0.467 e. The molecule has 0 radical (unpaired) electrons. The van der Waals surface area contributed by atoms with Crippen molar-refractivity contribution in [3.8, 4) is 0 Å². The number of aryl methyl sites for hydroxylation is 1. The normalized spacial score (nSPS) is 10.6. The lowest BCUT2D eigenvalue weighted by Gasteiger charge is -2.21. The van der Waals surface area contributed by atoms with Crippen LogP contribution in [0.3, 0.4) is 0 Å². The second kappa shape index (κ2) is 5.69. The SMILES string of the molecule is CCN(Cc1ccco1)c1cc(CO)cc(C)n1. The van der Waals surface area contributed by atoms with Crippen molar-refractivity contribution >= 4 is 5.82 Å². The van der Waals surface area contributed by atoms with Crippen LogP contribution in [0, 0.1) is 6.92 Å². The molecule has 4 heteroatoms. The predicted octanol–water partition coefficient (Wildman–Crippen LogP) is 2.50. The molecule has 0 aliphatic carbocycles. The standard InChI is InChI=1S/C14H18N2O2/c1-3-16(9-13-5-4-6-18-13)14-8-12(10-17)7-11(2)15-14/h4-8,17H,3,9-10H2,1-2H3. The molecule has 0 bridgehead atoms. The van der Waals surface area contributed by atoms with Crippen LogP contribution in [-0.2, 0) is 13.2 Å². The number of aliphatic hydroxyl groups excluding tert-OH is 1. The van der Waals surface area contributed by atoms with Crippen molar-refractivity contribution in [1.29, 1.82) is 0 Å². The maximum Gasteiger partial charge on any atom is 0.129 e. The molecule has 0 amide bonds. The first-order valence-electron chi connectivity index (χ1n) is 6.08. The summed E-state index contributed by atoms with van der Waals surface area (Å²) in [6, 6.07) is 7.64. The Hall–Kier alpha value is -1.81. The maximum atomic E-state index is 9.23. The predicted molar refractivity (Wildman–Crippen MR) is 70.3 cm³/mol. The van der Waals surface area contributed by atoms with Crippen molar-refractivity contribution in [2.24, 2.45) is 0 Å². The number of hydrogen-bond acceptors (Lipinski definition) is 4. The smallest absolute Gasteiger partial charge is 0.129 e. The molecule has 0 aliphatic heterocycles. The van der Waals surface area contributed by atoms with Gasteiger partial charge in [0, 0.05) is 12.2 Å². The summed E-state index contributed by atoms with van der Waals surface area (Å²) in [5.74, 6) is 1.78. The van der Waals surface area contributed by atoms with Crippen LogP contribution in [0.5, 0.6) is 0 Å². The van der Waals surface area contributed by atoms with E-state index in [4.69, 9.17) is 4.42 Å². The van der Waals surface area contributed by atoms with E-state index >= 15 is 0 Å². The van der Waals surface area contributed by atoms with Gasteiger partial charge in [-0.2, -0.15) is 0 Å². The summed E-state index contributed by atoms with van der Waals surface area (Å²) in [5, 5.41) is 9.23. The van der Waals surface area contributed by atoms with E-state index < -0.39 is 0 Å². The number of anilines is 1. The molecule has 18 heavy (non-hydrogen) atoms. The Kier molecular flexibility index (Phi) is 3.99. The van der Waals surface area contributed by atoms with Crippen LogP contribution in [-0.4, -0.2) is 16.6 Å². The highest BCUT2D eigenvalue weighted by atomic mass is 16.3. The molecule has 0 unspecified atom stereocenters. The van der Waals surface area contributed by atoms with Crippen LogP contribution in [0.4, 0.5) is 5.82 Å². The summed E-state index contributed by atoms with van der Waals surface area (Å²) in [5.41, 5.74) is 1.80. The van der Waals surface area contributed by atoms with Gasteiger partial charge in [0.1, 0.15) is 11.6 Å². The third-order valence-electron chi connectivity index (χ3n) is 2.81. The van der Waals surface area contributed by atoms with Gasteiger partial charge < -0.3 is 14.4 Å². The average Bonchev–Trinajstić information content (AvgIpc) is 2.88. The second-order valence-electron chi connectivity index (χ2n) is 4.23. The minimum absolute atomic E-state index is 0.0364. The van der Waals surface area contributed by atoms with Gasteiger partial charge in [-0.1, -0.05) is 0 Å². The lowest BCUT2D eigenvalue weighted by Crippen LogP contribution is -2.23. The van der Waals surface area contributed by atoms with Gasteiger partial charge in [0.25, 0.3) is 0 Å². The average molecular weight is 246 g/mol. The van der Waals surface area contributed by atoms with Crippen molar-refractivity contribution in [3.05, 3.63) is 47.5 Å². The molecule has 2 aromatic heterocycles. The minimum atomic E-state index is 0.0364. The quantitative estimate of drug-likeness (QED) is 0.880. The lowest BCUT2D eigenvalue weighted by molar-refractivity contribution is 0.281. The Morgan fingerprint density at radius 3 is 2.83 bits per heavy atom. The minimum Gasteiger partial charge on any atom is -0.467 e. The number of hydrogen-bond donors (Lipinski definition) is 1. The molecule has 0 spiro atoms.